The molecule has 0 radical (unpaired) electrons. The molecule has 3 rings (SSSR count). The van der Waals surface area contributed by atoms with Gasteiger partial charge in [-0.15, -0.1) is 0 Å². The standard InChI is InChI=1S/C23H23NO5/c1-4-5-12-29-23(28)16-8-10-18(11-9-16)24-21(26)19(20(25)22(24)27)17-7-6-14(2)15(3)13-17/h6-11,13,25H,4-5,12H2,1-3H3. The highest BCUT2D eigenvalue weighted by atomic mass is 16.5. The molecule has 0 atom stereocenters. The van der Waals surface area contributed by atoms with Gasteiger partial charge in [0.2, 0.25) is 0 Å². The van der Waals surface area contributed by atoms with Crippen LogP contribution in [0.1, 0.15) is 46.8 Å². The van der Waals surface area contributed by atoms with Crippen LogP contribution >= 0.6 is 0 Å². The van der Waals surface area contributed by atoms with E-state index in [1.807, 2.05) is 26.8 Å². The number of nitrogens with zero attached hydrogens (tertiary/aromatic N) is 1. The topological polar surface area (TPSA) is 83.9 Å². The highest BCUT2D eigenvalue weighted by molar-refractivity contribution is 6.44. The maximum absolute atomic E-state index is 12.9. The molecule has 2 amide bonds. The first-order valence-electron chi connectivity index (χ1n) is 9.52. The molecule has 0 spiro atoms. The molecule has 6 nitrogen and oxygen atoms in total. The van der Waals surface area contributed by atoms with Crippen LogP contribution in [0.3, 0.4) is 0 Å². The van der Waals surface area contributed by atoms with E-state index in [0.29, 0.717) is 17.7 Å². The number of imide groups is 1. The van der Waals surface area contributed by atoms with E-state index in [9.17, 15) is 19.5 Å². The predicted octanol–water partition coefficient (Wildman–Crippen LogP) is 4.10. The summed E-state index contributed by atoms with van der Waals surface area (Å²) in [5.41, 5.74) is 3.06. The van der Waals surface area contributed by atoms with Crippen molar-refractivity contribution in [2.45, 2.75) is 33.6 Å². The van der Waals surface area contributed by atoms with Crippen molar-refractivity contribution in [3.63, 3.8) is 0 Å². The van der Waals surface area contributed by atoms with Gasteiger partial charge in [-0.25, -0.2) is 9.69 Å². The lowest BCUT2D eigenvalue weighted by atomic mass is 10.00. The van der Waals surface area contributed by atoms with Crippen molar-refractivity contribution in [2.75, 3.05) is 11.5 Å². The smallest absolute Gasteiger partial charge is 0.338 e. The van der Waals surface area contributed by atoms with E-state index in [-0.39, 0.29) is 11.3 Å². The highest BCUT2D eigenvalue weighted by Gasteiger charge is 2.40. The van der Waals surface area contributed by atoms with Gasteiger partial charge in [0.05, 0.1) is 23.4 Å². The summed E-state index contributed by atoms with van der Waals surface area (Å²) < 4.78 is 5.15. The first kappa shape index (κ1) is 20.3. The number of hydrogen-bond donors (Lipinski definition) is 1. The summed E-state index contributed by atoms with van der Waals surface area (Å²) in [6, 6.07) is 11.3. The minimum atomic E-state index is -0.790. The maximum Gasteiger partial charge on any atom is 0.338 e. The summed E-state index contributed by atoms with van der Waals surface area (Å²) in [5, 5.41) is 10.3. The average Bonchev–Trinajstić information content (AvgIpc) is 2.93. The Morgan fingerprint density at radius 1 is 1.00 bits per heavy atom. The lowest BCUT2D eigenvalue weighted by Gasteiger charge is -2.15. The number of aryl methyl sites for hydroxylation is 2. The average molecular weight is 393 g/mol. The van der Waals surface area contributed by atoms with E-state index in [1.165, 1.54) is 24.3 Å². The molecule has 2 aromatic carbocycles. The molecule has 0 aromatic heterocycles. The van der Waals surface area contributed by atoms with Crippen molar-refractivity contribution in [1.82, 2.24) is 0 Å². The van der Waals surface area contributed by atoms with Crippen molar-refractivity contribution >= 4 is 29.0 Å². The number of unbranched alkanes of at least 4 members (excludes halogenated alkanes) is 1. The fourth-order valence-corrected chi connectivity index (χ4v) is 3.05. The number of carbonyl (C=O) groups excluding carboxylic acids is 3. The largest absolute Gasteiger partial charge is 0.502 e. The third-order valence-corrected chi connectivity index (χ3v) is 4.95. The number of benzene rings is 2. The first-order chi connectivity index (χ1) is 13.8. The number of esters is 1. The second-order valence-corrected chi connectivity index (χ2v) is 7.00. The molecule has 0 saturated carbocycles. The van der Waals surface area contributed by atoms with Crippen molar-refractivity contribution in [2.24, 2.45) is 0 Å². The van der Waals surface area contributed by atoms with Gasteiger partial charge in [0.1, 0.15) is 0 Å². The Hall–Kier alpha value is -3.41. The van der Waals surface area contributed by atoms with E-state index >= 15 is 0 Å². The van der Waals surface area contributed by atoms with Crippen LogP contribution in [0.5, 0.6) is 0 Å². The molecule has 0 bridgehead atoms. The zero-order valence-electron chi connectivity index (χ0n) is 16.7. The Balaban J connectivity index is 1.84. The number of aliphatic hydroxyl groups is 1. The summed E-state index contributed by atoms with van der Waals surface area (Å²) in [6.45, 7) is 6.18. The molecule has 29 heavy (non-hydrogen) atoms. The second kappa shape index (κ2) is 8.31. The van der Waals surface area contributed by atoms with Crippen molar-refractivity contribution in [3.8, 4) is 0 Å². The normalized spacial score (nSPS) is 14.0. The van der Waals surface area contributed by atoms with Crippen molar-refractivity contribution < 1.29 is 24.2 Å². The fourth-order valence-electron chi connectivity index (χ4n) is 3.05. The third-order valence-electron chi connectivity index (χ3n) is 4.95. The van der Waals surface area contributed by atoms with Crippen LogP contribution in [0, 0.1) is 13.8 Å². The molecule has 1 aliphatic heterocycles. The van der Waals surface area contributed by atoms with E-state index in [0.717, 1.165) is 28.9 Å². The van der Waals surface area contributed by atoms with Crippen LogP contribution < -0.4 is 4.90 Å². The van der Waals surface area contributed by atoms with Gasteiger partial charge in [0.25, 0.3) is 5.91 Å². The number of carbonyl (C=O) groups is 3. The van der Waals surface area contributed by atoms with E-state index in [4.69, 9.17) is 4.74 Å². The molecule has 0 aliphatic carbocycles. The van der Waals surface area contributed by atoms with Crippen molar-refractivity contribution in [1.29, 1.82) is 0 Å². The summed E-state index contributed by atoms with van der Waals surface area (Å²) in [5.74, 6) is -2.43. The molecule has 1 aliphatic rings. The third kappa shape index (κ3) is 3.92. The lowest BCUT2D eigenvalue weighted by Crippen LogP contribution is -2.31. The molecule has 2 aromatic rings. The van der Waals surface area contributed by atoms with Crippen LogP contribution in [0.25, 0.3) is 5.57 Å². The van der Waals surface area contributed by atoms with Gasteiger partial charge in [-0.1, -0.05) is 31.5 Å². The molecule has 1 heterocycles. The number of hydrogen-bond acceptors (Lipinski definition) is 5. The molecule has 1 N–H and O–H groups in total. The fraction of sp³-hybridized carbons (Fsp3) is 0.261. The van der Waals surface area contributed by atoms with E-state index < -0.39 is 23.5 Å². The minimum Gasteiger partial charge on any atom is -0.502 e. The molecular weight excluding hydrogens is 370 g/mol. The summed E-state index contributed by atoms with van der Waals surface area (Å²) in [4.78, 5) is 38.4. The summed E-state index contributed by atoms with van der Waals surface area (Å²) in [6.07, 6.45) is 1.71. The highest BCUT2D eigenvalue weighted by Crippen LogP contribution is 2.32. The van der Waals surface area contributed by atoms with Crippen LogP contribution in [0.15, 0.2) is 48.2 Å². The van der Waals surface area contributed by atoms with E-state index in [1.54, 1.807) is 12.1 Å². The van der Waals surface area contributed by atoms with Crippen LogP contribution in [-0.4, -0.2) is 29.5 Å². The van der Waals surface area contributed by atoms with Crippen LogP contribution in [-0.2, 0) is 14.3 Å². The number of amides is 2. The lowest BCUT2D eigenvalue weighted by molar-refractivity contribution is -0.121. The van der Waals surface area contributed by atoms with E-state index in [2.05, 4.69) is 0 Å². The van der Waals surface area contributed by atoms with Crippen molar-refractivity contribution in [3.05, 3.63) is 70.5 Å². The Bertz CT molecular complexity index is 1000. The number of ether oxygens (including phenoxy) is 1. The maximum atomic E-state index is 12.9. The zero-order valence-corrected chi connectivity index (χ0v) is 16.7. The second-order valence-electron chi connectivity index (χ2n) is 7.00. The van der Waals surface area contributed by atoms with Gasteiger partial charge < -0.3 is 9.84 Å². The van der Waals surface area contributed by atoms with Crippen LogP contribution in [0.2, 0.25) is 0 Å². The van der Waals surface area contributed by atoms with Gasteiger partial charge in [-0.05, 0) is 61.2 Å². The van der Waals surface area contributed by atoms with Gasteiger partial charge in [0.15, 0.2) is 5.76 Å². The molecular formula is C23H23NO5. The van der Waals surface area contributed by atoms with Gasteiger partial charge in [-0.3, -0.25) is 9.59 Å². The number of rotatable bonds is 6. The van der Waals surface area contributed by atoms with Crippen LogP contribution in [0.4, 0.5) is 5.69 Å². The Morgan fingerprint density at radius 2 is 1.69 bits per heavy atom. The molecule has 150 valence electrons. The number of aliphatic hydroxyl groups excluding tert-OH is 1. The Kier molecular flexibility index (Phi) is 5.82. The molecule has 0 fully saturated rings. The zero-order chi connectivity index (χ0) is 21.1. The number of anilines is 1. The summed E-state index contributed by atoms with van der Waals surface area (Å²) >= 11 is 0. The quantitative estimate of drug-likeness (QED) is 0.454. The van der Waals surface area contributed by atoms with Gasteiger partial charge >= 0.3 is 11.9 Å². The molecule has 0 unspecified atom stereocenters. The van der Waals surface area contributed by atoms with Gasteiger partial charge in [-0.2, -0.15) is 0 Å². The minimum absolute atomic E-state index is 0.0267. The Labute approximate surface area is 169 Å². The monoisotopic (exact) mass is 393 g/mol. The summed E-state index contributed by atoms with van der Waals surface area (Å²) in [7, 11) is 0. The van der Waals surface area contributed by atoms with Gasteiger partial charge in [0, 0.05) is 0 Å². The molecule has 6 heteroatoms. The predicted molar refractivity (Wildman–Crippen MR) is 110 cm³/mol. The SMILES string of the molecule is CCCCOC(=O)c1ccc(N2C(=O)C(O)=C(c3ccc(C)c(C)c3)C2=O)cc1. The Morgan fingerprint density at radius 3 is 2.31 bits per heavy atom. The first-order valence-corrected chi connectivity index (χ1v) is 9.52. The molecule has 0 saturated heterocycles.